The van der Waals surface area contributed by atoms with E-state index in [1.165, 1.54) is 12.1 Å². The van der Waals surface area contributed by atoms with Crippen molar-refractivity contribution < 1.29 is 15.3 Å². The van der Waals surface area contributed by atoms with Gasteiger partial charge in [-0.15, -0.1) is 0 Å². The molecule has 0 fully saturated rings. The van der Waals surface area contributed by atoms with E-state index in [0.29, 0.717) is 5.56 Å². The van der Waals surface area contributed by atoms with Gasteiger partial charge < -0.3 is 15.3 Å². The van der Waals surface area contributed by atoms with Gasteiger partial charge in [-0.2, -0.15) is 0 Å². The van der Waals surface area contributed by atoms with E-state index in [2.05, 4.69) is 0 Å². The first-order valence-electron chi connectivity index (χ1n) is 5.74. The van der Waals surface area contributed by atoms with Crippen LogP contribution in [0.1, 0.15) is 16.7 Å². The number of phenols is 3. The smallest absolute Gasteiger partial charge is 0.127 e. The van der Waals surface area contributed by atoms with Crippen LogP contribution in [0.5, 0.6) is 17.2 Å². The number of rotatable bonds is 1. The molecule has 0 aliphatic rings. The zero-order valence-electron chi connectivity index (χ0n) is 10.7. The average Bonchev–Trinajstić information content (AvgIpc) is 2.32. The lowest BCUT2D eigenvalue weighted by Crippen LogP contribution is -1.92. The quantitative estimate of drug-likeness (QED) is 0.720. The van der Waals surface area contributed by atoms with Gasteiger partial charge in [0.2, 0.25) is 0 Å². The lowest BCUT2D eigenvalue weighted by Gasteiger charge is -2.15. The summed E-state index contributed by atoms with van der Waals surface area (Å²) in [5.74, 6) is 0.316. The highest BCUT2D eigenvalue weighted by molar-refractivity contribution is 5.80. The average molecular weight is 244 g/mol. The summed E-state index contributed by atoms with van der Waals surface area (Å²) in [6.07, 6.45) is 0. The second-order valence-corrected chi connectivity index (χ2v) is 4.51. The summed E-state index contributed by atoms with van der Waals surface area (Å²) in [7, 11) is 0. The van der Waals surface area contributed by atoms with Gasteiger partial charge in [-0.25, -0.2) is 0 Å². The maximum atomic E-state index is 9.90. The predicted octanol–water partition coefficient (Wildman–Crippen LogP) is 3.40. The molecule has 0 saturated heterocycles. The Balaban J connectivity index is 2.80. The summed E-state index contributed by atoms with van der Waals surface area (Å²) < 4.78 is 0. The molecule has 2 rings (SSSR count). The fourth-order valence-electron chi connectivity index (χ4n) is 2.13. The molecule has 0 atom stereocenters. The van der Waals surface area contributed by atoms with Crippen molar-refractivity contribution in [1.82, 2.24) is 0 Å². The molecule has 2 aromatic rings. The molecule has 0 amide bonds. The normalized spacial score (nSPS) is 10.6. The number of hydrogen-bond acceptors (Lipinski definition) is 3. The van der Waals surface area contributed by atoms with Gasteiger partial charge in [-0.1, -0.05) is 6.07 Å². The standard InChI is InChI=1S/C15H16O3/c1-8-7-11(9(2)10(3)15(8)18)14-12(16)5-4-6-13(14)17/h4-7,16-18H,1-3H3. The van der Waals surface area contributed by atoms with E-state index in [1.54, 1.807) is 19.1 Å². The van der Waals surface area contributed by atoms with Crippen LogP contribution >= 0.6 is 0 Å². The molecule has 3 N–H and O–H groups in total. The molecule has 18 heavy (non-hydrogen) atoms. The fraction of sp³-hybridized carbons (Fsp3) is 0.200. The molecule has 0 saturated carbocycles. The zero-order valence-corrected chi connectivity index (χ0v) is 10.7. The Bertz CT molecular complexity index is 595. The summed E-state index contributed by atoms with van der Waals surface area (Å²) in [5.41, 5.74) is 3.46. The number of aryl methyl sites for hydroxylation is 1. The van der Waals surface area contributed by atoms with E-state index < -0.39 is 0 Å². The fourth-order valence-corrected chi connectivity index (χ4v) is 2.13. The zero-order chi connectivity index (χ0) is 13.4. The topological polar surface area (TPSA) is 60.7 Å². The van der Waals surface area contributed by atoms with Crippen molar-refractivity contribution in [3.05, 3.63) is 41.0 Å². The maximum absolute atomic E-state index is 9.90. The van der Waals surface area contributed by atoms with Crippen molar-refractivity contribution >= 4 is 0 Å². The van der Waals surface area contributed by atoms with Crippen LogP contribution < -0.4 is 0 Å². The van der Waals surface area contributed by atoms with E-state index in [-0.39, 0.29) is 17.2 Å². The molecule has 3 nitrogen and oxygen atoms in total. The Kier molecular flexibility index (Phi) is 2.91. The van der Waals surface area contributed by atoms with Crippen molar-refractivity contribution in [1.29, 1.82) is 0 Å². The minimum absolute atomic E-state index is 0.0302. The lowest BCUT2D eigenvalue weighted by atomic mass is 9.93. The Labute approximate surface area is 106 Å². The highest BCUT2D eigenvalue weighted by atomic mass is 16.3. The van der Waals surface area contributed by atoms with Crippen LogP contribution in [0, 0.1) is 20.8 Å². The number of benzene rings is 2. The molecular formula is C15H16O3. The summed E-state index contributed by atoms with van der Waals surface area (Å²) in [5, 5.41) is 29.7. The molecule has 3 heteroatoms. The molecule has 2 aromatic carbocycles. The molecule has 0 aromatic heterocycles. The second kappa shape index (κ2) is 4.26. The van der Waals surface area contributed by atoms with Crippen molar-refractivity contribution in [2.75, 3.05) is 0 Å². The molecule has 0 bridgehead atoms. The summed E-state index contributed by atoms with van der Waals surface area (Å²) in [4.78, 5) is 0. The van der Waals surface area contributed by atoms with Gasteiger partial charge in [0.15, 0.2) is 0 Å². The second-order valence-electron chi connectivity index (χ2n) is 4.51. The van der Waals surface area contributed by atoms with Crippen molar-refractivity contribution in [2.45, 2.75) is 20.8 Å². The molecule has 0 unspecified atom stereocenters. The molecule has 0 radical (unpaired) electrons. The van der Waals surface area contributed by atoms with Crippen LogP contribution in [0.2, 0.25) is 0 Å². The highest BCUT2D eigenvalue weighted by Crippen LogP contribution is 2.41. The minimum atomic E-state index is 0.0302. The Morgan fingerprint density at radius 3 is 1.94 bits per heavy atom. The van der Waals surface area contributed by atoms with Crippen LogP contribution in [0.4, 0.5) is 0 Å². The summed E-state index contributed by atoms with van der Waals surface area (Å²) in [6, 6.07) is 6.42. The van der Waals surface area contributed by atoms with E-state index in [4.69, 9.17) is 0 Å². The van der Waals surface area contributed by atoms with Crippen LogP contribution in [-0.4, -0.2) is 15.3 Å². The van der Waals surface area contributed by atoms with E-state index in [0.717, 1.165) is 22.3 Å². The van der Waals surface area contributed by atoms with E-state index in [9.17, 15) is 15.3 Å². The van der Waals surface area contributed by atoms with Crippen LogP contribution in [0.25, 0.3) is 11.1 Å². The van der Waals surface area contributed by atoms with E-state index >= 15 is 0 Å². The third-order valence-electron chi connectivity index (χ3n) is 3.35. The third kappa shape index (κ3) is 1.78. The summed E-state index contributed by atoms with van der Waals surface area (Å²) >= 11 is 0. The van der Waals surface area contributed by atoms with Crippen molar-refractivity contribution in [3.63, 3.8) is 0 Å². The Morgan fingerprint density at radius 2 is 1.39 bits per heavy atom. The third-order valence-corrected chi connectivity index (χ3v) is 3.35. The minimum Gasteiger partial charge on any atom is -0.507 e. The molecule has 94 valence electrons. The first-order chi connectivity index (χ1) is 8.43. The van der Waals surface area contributed by atoms with Crippen LogP contribution in [-0.2, 0) is 0 Å². The van der Waals surface area contributed by atoms with Gasteiger partial charge in [-0.05, 0) is 61.2 Å². The number of phenolic OH excluding ortho intramolecular Hbond substituents is 3. The lowest BCUT2D eigenvalue weighted by molar-refractivity contribution is 0.453. The first-order valence-corrected chi connectivity index (χ1v) is 5.74. The summed E-state index contributed by atoms with van der Waals surface area (Å²) in [6.45, 7) is 5.47. The van der Waals surface area contributed by atoms with Gasteiger partial charge >= 0.3 is 0 Å². The van der Waals surface area contributed by atoms with E-state index in [1.807, 2.05) is 13.8 Å². The van der Waals surface area contributed by atoms with Gasteiger partial charge in [0.1, 0.15) is 17.2 Å². The molecule has 0 aliphatic heterocycles. The van der Waals surface area contributed by atoms with Gasteiger partial charge in [-0.3, -0.25) is 0 Å². The SMILES string of the molecule is Cc1cc(-c2c(O)cccc2O)c(C)c(C)c1O. The number of aromatic hydroxyl groups is 3. The maximum Gasteiger partial charge on any atom is 0.127 e. The molecular weight excluding hydrogens is 228 g/mol. The van der Waals surface area contributed by atoms with Gasteiger partial charge in [0.05, 0.1) is 5.56 Å². The van der Waals surface area contributed by atoms with Crippen molar-refractivity contribution in [3.8, 4) is 28.4 Å². The molecule has 0 aliphatic carbocycles. The predicted molar refractivity (Wildman–Crippen MR) is 71.1 cm³/mol. The molecule has 0 heterocycles. The van der Waals surface area contributed by atoms with Gasteiger partial charge in [0.25, 0.3) is 0 Å². The molecule has 0 spiro atoms. The monoisotopic (exact) mass is 244 g/mol. The van der Waals surface area contributed by atoms with Crippen LogP contribution in [0.15, 0.2) is 24.3 Å². The van der Waals surface area contributed by atoms with Gasteiger partial charge in [0, 0.05) is 0 Å². The van der Waals surface area contributed by atoms with Crippen molar-refractivity contribution in [2.24, 2.45) is 0 Å². The Morgan fingerprint density at radius 1 is 0.833 bits per heavy atom. The highest BCUT2D eigenvalue weighted by Gasteiger charge is 2.16. The first kappa shape index (κ1) is 12.3. The Hall–Kier alpha value is -2.16. The number of hydrogen-bond donors (Lipinski definition) is 3. The largest absolute Gasteiger partial charge is 0.507 e. The van der Waals surface area contributed by atoms with Crippen LogP contribution in [0.3, 0.4) is 0 Å².